The van der Waals surface area contributed by atoms with E-state index < -0.39 is 0 Å². The van der Waals surface area contributed by atoms with Crippen LogP contribution in [0.1, 0.15) is 6.42 Å². The highest BCUT2D eigenvalue weighted by Gasteiger charge is 2.07. The maximum Gasteiger partial charge on any atom is 0.258 e. The van der Waals surface area contributed by atoms with Crippen LogP contribution in [0, 0.1) is 0 Å². The Bertz CT molecular complexity index is 523. The van der Waals surface area contributed by atoms with Crippen molar-refractivity contribution in [2.75, 3.05) is 37.9 Å². The molecule has 0 aliphatic carbocycles. The van der Waals surface area contributed by atoms with E-state index in [1.807, 2.05) is 14.1 Å². The van der Waals surface area contributed by atoms with E-state index >= 15 is 0 Å². The molecule has 0 amide bonds. The number of hydrogen-bond acceptors (Lipinski definition) is 9. The molecule has 0 bridgehead atoms. The molecule has 0 aliphatic rings. The minimum absolute atomic E-state index is 0.264. The molecule has 4 N–H and O–H groups in total. The average molecular weight is 278 g/mol. The molecule has 0 radical (unpaired) electrons. The minimum Gasteiger partial charge on any atom is -0.354 e. The quantitative estimate of drug-likeness (QED) is 0.336. The number of aromatic nitrogens is 6. The number of nitrogens with two attached hydrogens (primary N) is 1. The lowest BCUT2D eigenvalue weighted by Crippen LogP contribution is -2.19. The van der Waals surface area contributed by atoms with E-state index in [0.29, 0.717) is 11.9 Å². The molecule has 20 heavy (non-hydrogen) atoms. The van der Waals surface area contributed by atoms with Gasteiger partial charge in [-0.3, -0.25) is 5.43 Å². The second kappa shape index (κ2) is 6.73. The van der Waals surface area contributed by atoms with Gasteiger partial charge in [0.05, 0.1) is 0 Å². The summed E-state index contributed by atoms with van der Waals surface area (Å²) in [6.07, 6.45) is 3.89. The Kier molecular flexibility index (Phi) is 4.74. The van der Waals surface area contributed by atoms with Crippen molar-refractivity contribution in [1.82, 2.24) is 34.6 Å². The van der Waals surface area contributed by atoms with Gasteiger partial charge in [-0.25, -0.2) is 10.8 Å². The highest BCUT2D eigenvalue weighted by Crippen LogP contribution is 2.07. The molecule has 0 fully saturated rings. The van der Waals surface area contributed by atoms with Gasteiger partial charge in [0.2, 0.25) is 11.9 Å². The van der Waals surface area contributed by atoms with E-state index in [1.54, 1.807) is 0 Å². The van der Waals surface area contributed by atoms with Crippen LogP contribution in [0.3, 0.4) is 0 Å². The molecule has 0 aliphatic heterocycles. The van der Waals surface area contributed by atoms with E-state index in [0.717, 1.165) is 19.5 Å². The predicted octanol–water partition coefficient (Wildman–Crippen LogP) is -0.898. The summed E-state index contributed by atoms with van der Waals surface area (Å²) >= 11 is 0. The second-order valence-corrected chi connectivity index (χ2v) is 4.35. The van der Waals surface area contributed by atoms with Crippen molar-refractivity contribution in [2.45, 2.75) is 6.42 Å². The highest BCUT2D eigenvalue weighted by molar-refractivity contribution is 5.36. The van der Waals surface area contributed by atoms with Crippen LogP contribution in [0.5, 0.6) is 0 Å². The predicted molar refractivity (Wildman–Crippen MR) is 74.2 cm³/mol. The van der Waals surface area contributed by atoms with Crippen molar-refractivity contribution in [3.63, 3.8) is 0 Å². The summed E-state index contributed by atoms with van der Waals surface area (Å²) in [5, 5.41) is 7.10. The average Bonchev–Trinajstić information content (AvgIpc) is 2.97. The van der Waals surface area contributed by atoms with Gasteiger partial charge in [-0.2, -0.15) is 24.7 Å². The van der Waals surface area contributed by atoms with Crippen molar-refractivity contribution in [3.8, 4) is 5.95 Å². The molecule has 0 spiro atoms. The summed E-state index contributed by atoms with van der Waals surface area (Å²) in [5.74, 6) is 6.41. The molecule has 0 aromatic carbocycles. The Balaban J connectivity index is 2.06. The molecule has 0 saturated heterocycles. The zero-order valence-corrected chi connectivity index (χ0v) is 11.5. The third-order valence-corrected chi connectivity index (χ3v) is 2.44. The Hall–Kier alpha value is -2.33. The minimum atomic E-state index is 0.264. The number of nitrogens with zero attached hydrogens (tertiary/aromatic N) is 7. The first-order valence-electron chi connectivity index (χ1n) is 6.15. The molecule has 2 rings (SSSR count). The van der Waals surface area contributed by atoms with Gasteiger partial charge in [-0.15, -0.1) is 0 Å². The van der Waals surface area contributed by atoms with Crippen LogP contribution in [0.4, 0.5) is 11.9 Å². The van der Waals surface area contributed by atoms with Gasteiger partial charge in [0, 0.05) is 6.54 Å². The third kappa shape index (κ3) is 3.83. The lowest BCUT2D eigenvalue weighted by atomic mass is 10.4. The lowest BCUT2D eigenvalue weighted by Gasteiger charge is -2.10. The Morgan fingerprint density at radius 1 is 1.25 bits per heavy atom. The van der Waals surface area contributed by atoms with Crippen molar-refractivity contribution < 1.29 is 0 Å². The second-order valence-electron chi connectivity index (χ2n) is 4.35. The van der Waals surface area contributed by atoms with Crippen molar-refractivity contribution in [2.24, 2.45) is 5.84 Å². The van der Waals surface area contributed by atoms with Gasteiger partial charge in [-0.1, -0.05) is 0 Å². The van der Waals surface area contributed by atoms with Gasteiger partial charge >= 0.3 is 0 Å². The van der Waals surface area contributed by atoms with Crippen LogP contribution in [-0.2, 0) is 0 Å². The van der Waals surface area contributed by atoms with Crippen molar-refractivity contribution in [3.05, 3.63) is 12.7 Å². The standard InChI is InChI=1S/C10H18N10/c1-19(2)5-3-4-13-8-15-9(18-11)17-10(16-8)20-7-12-6-14-20/h6-7H,3-5,11H2,1-2H3,(H2,13,15,16,17,18). The van der Waals surface area contributed by atoms with E-state index in [2.05, 4.69) is 40.7 Å². The van der Waals surface area contributed by atoms with Gasteiger partial charge in [-0.05, 0) is 27.1 Å². The van der Waals surface area contributed by atoms with Crippen LogP contribution in [0.15, 0.2) is 12.7 Å². The zero-order chi connectivity index (χ0) is 14.4. The SMILES string of the molecule is CN(C)CCCNc1nc(NN)nc(-n2cncn2)n1. The fourth-order valence-electron chi connectivity index (χ4n) is 1.52. The molecular formula is C10H18N10. The van der Waals surface area contributed by atoms with Crippen LogP contribution >= 0.6 is 0 Å². The summed E-state index contributed by atoms with van der Waals surface area (Å²) in [6, 6.07) is 0. The number of hydrogen-bond donors (Lipinski definition) is 3. The molecular weight excluding hydrogens is 260 g/mol. The van der Waals surface area contributed by atoms with E-state index in [4.69, 9.17) is 5.84 Å². The molecule has 10 nitrogen and oxygen atoms in total. The topological polar surface area (TPSA) is 123 Å². The first kappa shape index (κ1) is 14.1. The Morgan fingerprint density at radius 3 is 2.70 bits per heavy atom. The molecule has 2 aromatic heterocycles. The molecule has 2 aromatic rings. The van der Waals surface area contributed by atoms with Crippen LogP contribution in [-0.4, -0.2) is 61.8 Å². The van der Waals surface area contributed by atoms with Gasteiger partial charge < -0.3 is 10.2 Å². The van der Waals surface area contributed by atoms with Crippen molar-refractivity contribution >= 4 is 11.9 Å². The molecule has 0 saturated carbocycles. The normalized spacial score (nSPS) is 10.8. The highest BCUT2D eigenvalue weighted by atomic mass is 15.4. The maximum absolute atomic E-state index is 5.35. The summed E-state index contributed by atoms with van der Waals surface area (Å²) in [7, 11) is 4.06. The molecule has 10 heteroatoms. The Morgan fingerprint density at radius 2 is 2.05 bits per heavy atom. The number of nitrogens with one attached hydrogen (secondary N) is 2. The summed E-state index contributed by atoms with van der Waals surface area (Å²) in [4.78, 5) is 18.5. The van der Waals surface area contributed by atoms with E-state index in [-0.39, 0.29) is 5.95 Å². The molecule has 0 atom stereocenters. The van der Waals surface area contributed by atoms with E-state index in [1.165, 1.54) is 17.3 Å². The summed E-state index contributed by atoms with van der Waals surface area (Å²) < 4.78 is 1.44. The monoisotopic (exact) mass is 278 g/mol. The third-order valence-electron chi connectivity index (χ3n) is 2.44. The maximum atomic E-state index is 5.35. The van der Waals surface area contributed by atoms with Gasteiger partial charge in [0.15, 0.2) is 0 Å². The smallest absolute Gasteiger partial charge is 0.258 e. The largest absolute Gasteiger partial charge is 0.354 e. The van der Waals surface area contributed by atoms with Crippen LogP contribution in [0.25, 0.3) is 5.95 Å². The number of rotatable bonds is 7. The van der Waals surface area contributed by atoms with Gasteiger partial charge in [0.1, 0.15) is 12.7 Å². The van der Waals surface area contributed by atoms with Crippen molar-refractivity contribution in [1.29, 1.82) is 0 Å². The number of nitrogen functional groups attached to an aromatic ring is 1. The molecule has 0 unspecified atom stereocenters. The molecule has 108 valence electrons. The zero-order valence-electron chi connectivity index (χ0n) is 11.5. The fourth-order valence-corrected chi connectivity index (χ4v) is 1.52. The molecule has 2 heterocycles. The first-order chi connectivity index (χ1) is 9.69. The van der Waals surface area contributed by atoms with E-state index in [9.17, 15) is 0 Å². The fraction of sp³-hybridized carbons (Fsp3) is 0.500. The lowest BCUT2D eigenvalue weighted by molar-refractivity contribution is 0.405. The summed E-state index contributed by atoms with van der Waals surface area (Å²) in [6.45, 7) is 1.74. The van der Waals surface area contributed by atoms with Crippen LogP contribution in [0.2, 0.25) is 0 Å². The van der Waals surface area contributed by atoms with Gasteiger partial charge in [0.25, 0.3) is 5.95 Å². The number of anilines is 2. The Labute approximate surface area is 116 Å². The number of hydrazine groups is 1. The summed E-state index contributed by atoms with van der Waals surface area (Å²) in [5.41, 5.74) is 2.41. The first-order valence-corrected chi connectivity index (χ1v) is 6.15. The van der Waals surface area contributed by atoms with Crippen LogP contribution < -0.4 is 16.6 Å².